The molecule has 0 atom stereocenters. The number of imidazole rings is 1. The Kier molecular flexibility index (Phi) is 2.55. The minimum atomic E-state index is -0.835. The lowest BCUT2D eigenvalue weighted by Crippen LogP contribution is -2.00. The molecule has 0 spiro atoms. The highest BCUT2D eigenvalue weighted by molar-refractivity contribution is 6.29. The van der Waals surface area contributed by atoms with E-state index in [-0.39, 0.29) is 6.42 Å². The lowest BCUT2D eigenvalue weighted by molar-refractivity contribution is -0.136. The van der Waals surface area contributed by atoms with E-state index < -0.39 is 5.97 Å². The Morgan fingerprint density at radius 1 is 1.60 bits per heavy atom. The summed E-state index contributed by atoms with van der Waals surface area (Å²) in [5, 5.41) is 9.01. The Balaban J connectivity index is 2.27. The van der Waals surface area contributed by atoms with Crippen molar-refractivity contribution in [2.24, 2.45) is 0 Å². The molecule has 2 aromatic heterocycles. The number of hydrogen-bond acceptors (Lipinski definition) is 3. The first kappa shape index (κ1) is 9.92. The first-order valence-corrected chi connectivity index (χ1v) is 4.75. The number of aromatic nitrogens is 3. The second-order valence-corrected chi connectivity index (χ2v) is 3.45. The lowest BCUT2D eigenvalue weighted by Gasteiger charge is -1.99. The molecule has 2 rings (SSSR count). The topological polar surface area (TPSA) is 67.5 Å². The number of rotatable bonds is 3. The van der Waals surface area contributed by atoms with Gasteiger partial charge in [0.05, 0.1) is 12.6 Å². The highest BCUT2D eigenvalue weighted by Crippen LogP contribution is 2.11. The molecule has 5 nitrogen and oxygen atoms in total. The minimum Gasteiger partial charge on any atom is -0.481 e. The average Bonchev–Trinajstić information content (AvgIpc) is 2.57. The van der Waals surface area contributed by atoms with Crippen LogP contribution in [0.1, 0.15) is 12.1 Å². The number of hydrogen-bond donors (Lipinski definition) is 1. The van der Waals surface area contributed by atoms with Gasteiger partial charge >= 0.3 is 5.97 Å². The number of aryl methyl sites for hydroxylation is 1. The Morgan fingerprint density at radius 2 is 2.40 bits per heavy atom. The third kappa shape index (κ3) is 2.07. The number of carboxylic acid groups (broad SMARTS) is 1. The highest BCUT2D eigenvalue weighted by atomic mass is 35.5. The van der Waals surface area contributed by atoms with Gasteiger partial charge < -0.3 is 5.11 Å². The third-order valence-corrected chi connectivity index (χ3v) is 2.27. The fraction of sp³-hybridized carbons (Fsp3) is 0.222. The molecule has 0 aliphatic rings. The van der Waals surface area contributed by atoms with Crippen LogP contribution in [-0.4, -0.2) is 25.4 Å². The van der Waals surface area contributed by atoms with Crippen LogP contribution in [0.15, 0.2) is 18.5 Å². The summed E-state index contributed by atoms with van der Waals surface area (Å²) in [7, 11) is 0. The number of carboxylic acids is 1. The molecule has 0 radical (unpaired) electrons. The van der Waals surface area contributed by atoms with E-state index in [2.05, 4.69) is 9.97 Å². The van der Waals surface area contributed by atoms with Crippen LogP contribution >= 0.6 is 11.6 Å². The molecule has 0 fully saturated rings. The van der Waals surface area contributed by atoms with Gasteiger partial charge in [-0.1, -0.05) is 11.6 Å². The lowest BCUT2D eigenvalue weighted by atomic mass is 10.2. The molecular weight excluding hydrogens is 218 g/mol. The molecule has 2 heterocycles. The standard InChI is InChI=1S/C9H8ClN3O2/c10-7-5-11-9-12-6(1-2-8(14)15)3-4-13(7)9/h3-5H,1-2H2,(H,14,15). The van der Waals surface area contributed by atoms with Gasteiger partial charge in [-0.25, -0.2) is 9.97 Å². The van der Waals surface area contributed by atoms with E-state index in [1.54, 1.807) is 16.7 Å². The largest absolute Gasteiger partial charge is 0.481 e. The van der Waals surface area contributed by atoms with E-state index in [0.29, 0.717) is 23.0 Å². The zero-order chi connectivity index (χ0) is 10.8. The molecule has 15 heavy (non-hydrogen) atoms. The fourth-order valence-electron chi connectivity index (χ4n) is 1.25. The van der Waals surface area contributed by atoms with Gasteiger partial charge in [-0.15, -0.1) is 0 Å². The summed E-state index contributed by atoms with van der Waals surface area (Å²) in [6.45, 7) is 0. The van der Waals surface area contributed by atoms with Gasteiger partial charge in [0.25, 0.3) is 0 Å². The summed E-state index contributed by atoms with van der Waals surface area (Å²) in [4.78, 5) is 18.5. The number of aliphatic carboxylic acids is 1. The zero-order valence-corrected chi connectivity index (χ0v) is 8.48. The second kappa shape index (κ2) is 3.86. The summed E-state index contributed by atoms with van der Waals surface area (Å²) in [6, 6.07) is 1.74. The van der Waals surface area contributed by atoms with Crippen molar-refractivity contribution in [3.8, 4) is 0 Å². The predicted molar refractivity (Wildman–Crippen MR) is 54.0 cm³/mol. The SMILES string of the molecule is O=C(O)CCc1ccn2c(Cl)cnc2n1. The summed E-state index contributed by atoms with van der Waals surface area (Å²) in [5.41, 5.74) is 0.701. The van der Waals surface area contributed by atoms with Crippen molar-refractivity contribution in [1.82, 2.24) is 14.4 Å². The maximum Gasteiger partial charge on any atom is 0.303 e. The number of nitrogens with zero attached hydrogens (tertiary/aromatic N) is 3. The molecule has 78 valence electrons. The van der Waals surface area contributed by atoms with Crippen LogP contribution in [0.25, 0.3) is 5.78 Å². The fourth-order valence-corrected chi connectivity index (χ4v) is 1.43. The van der Waals surface area contributed by atoms with Crippen molar-refractivity contribution in [1.29, 1.82) is 0 Å². The minimum absolute atomic E-state index is 0.0671. The van der Waals surface area contributed by atoms with Crippen molar-refractivity contribution in [2.45, 2.75) is 12.8 Å². The van der Waals surface area contributed by atoms with Gasteiger partial charge in [-0.2, -0.15) is 0 Å². The number of carbonyl (C=O) groups is 1. The summed E-state index contributed by atoms with van der Waals surface area (Å²) < 4.78 is 1.63. The van der Waals surface area contributed by atoms with Gasteiger partial charge in [-0.05, 0) is 6.07 Å². The van der Waals surface area contributed by atoms with E-state index in [0.717, 1.165) is 0 Å². The van der Waals surface area contributed by atoms with E-state index in [1.165, 1.54) is 6.20 Å². The van der Waals surface area contributed by atoms with Crippen molar-refractivity contribution in [3.63, 3.8) is 0 Å². The van der Waals surface area contributed by atoms with Crippen molar-refractivity contribution in [2.75, 3.05) is 0 Å². The zero-order valence-electron chi connectivity index (χ0n) is 7.72. The van der Waals surface area contributed by atoms with Crippen LogP contribution in [-0.2, 0) is 11.2 Å². The van der Waals surface area contributed by atoms with E-state index in [1.807, 2.05) is 0 Å². The molecule has 0 amide bonds. The predicted octanol–water partition coefficient (Wildman–Crippen LogP) is 1.40. The van der Waals surface area contributed by atoms with Crippen molar-refractivity contribution in [3.05, 3.63) is 29.3 Å². The molecular formula is C9H8ClN3O2. The Morgan fingerprint density at radius 3 is 3.13 bits per heavy atom. The second-order valence-electron chi connectivity index (χ2n) is 3.06. The summed E-state index contributed by atoms with van der Waals surface area (Å²) >= 11 is 5.82. The van der Waals surface area contributed by atoms with Gasteiger partial charge in [0.15, 0.2) is 0 Å². The molecule has 0 saturated carbocycles. The average molecular weight is 226 g/mol. The Labute approximate surface area is 90.3 Å². The molecule has 6 heteroatoms. The van der Waals surface area contributed by atoms with Crippen molar-refractivity contribution < 1.29 is 9.90 Å². The van der Waals surface area contributed by atoms with Crippen LogP contribution in [0.5, 0.6) is 0 Å². The Hall–Kier alpha value is -1.62. The van der Waals surface area contributed by atoms with Crippen molar-refractivity contribution >= 4 is 23.3 Å². The first-order valence-electron chi connectivity index (χ1n) is 4.37. The number of fused-ring (bicyclic) bond motifs is 1. The maximum atomic E-state index is 10.4. The quantitative estimate of drug-likeness (QED) is 0.858. The van der Waals surface area contributed by atoms with Crippen LogP contribution < -0.4 is 0 Å². The van der Waals surface area contributed by atoms with Gasteiger partial charge in [0.2, 0.25) is 5.78 Å². The molecule has 0 aliphatic heterocycles. The maximum absolute atomic E-state index is 10.4. The van der Waals surface area contributed by atoms with Gasteiger partial charge in [0, 0.05) is 18.3 Å². The summed E-state index contributed by atoms with van der Waals surface area (Å²) in [6.07, 6.45) is 3.70. The Bertz CT molecular complexity index is 509. The normalized spacial score (nSPS) is 10.7. The monoisotopic (exact) mass is 225 g/mol. The molecule has 0 aliphatic carbocycles. The number of halogens is 1. The van der Waals surface area contributed by atoms with Crippen LogP contribution in [0.2, 0.25) is 5.15 Å². The van der Waals surface area contributed by atoms with Gasteiger partial charge in [-0.3, -0.25) is 9.20 Å². The smallest absolute Gasteiger partial charge is 0.303 e. The van der Waals surface area contributed by atoms with Gasteiger partial charge in [0.1, 0.15) is 5.15 Å². The molecule has 0 bridgehead atoms. The highest BCUT2D eigenvalue weighted by Gasteiger charge is 2.04. The molecule has 0 unspecified atom stereocenters. The first-order chi connectivity index (χ1) is 7.16. The van der Waals surface area contributed by atoms with Crippen LogP contribution in [0.4, 0.5) is 0 Å². The summed E-state index contributed by atoms with van der Waals surface area (Å²) in [5.74, 6) is -0.346. The van der Waals surface area contributed by atoms with E-state index in [9.17, 15) is 4.79 Å². The molecule has 0 aromatic carbocycles. The third-order valence-electron chi connectivity index (χ3n) is 1.99. The van der Waals surface area contributed by atoms with E-state index >= 15 is 0 Å². The van der Waals surface area contributed by atoms with Crippen LogP contribution in [0.3, 0.4) is 0 Å². The van der Waals surface area contributed by atoms with Crippen LogP contribution in [0, 0.1) is 0 Å². The van der Waals surface area contributed by atoms with E-state index in [4.69, 9.17) is 16.7 Å². The molecule has 1 N–H and O–H groups in total. The molecule has 2 aromatic rings. The molecule has 0 saturated heterocycles.